The summed E-state index contributed by atoms with van der Waals surface area (Å²) in [5, 5.41) is 4.66. The first-order chi connectivity index (χ1) is 14.4. The molecular weight excluding hydrogens is 376 g/mol. The van der Waals surface area contributed by atoms with Crippen LogP contribution in [-0.4, -0.2) is 51.5 Å². The van der Waals surface area contributed by atoms with Crippen LogP contribution in [0, 0.1) is 13.8 Å². The van der Waals surface area contributed by atoms with Crippen molar-refractivity contribution in [2.45, 2.75) is 66.3 Å². The molecule has 1 aromatic carbocycles. The minimum Gasteiger partial charge on any atom is -0.343 e. The molecule has 2 rings (SSSR count). The Hall–Kier alpha value is -2.63. The van der Waals surface area contributed by atoms with Gasteiger partial charge in [-0.25, -0.2) is 4.68 Å². The third kappa shape index (κ3) is 6.18. The summed E-state index contributed by atoms with van der Waals surface area (Å²) in [5.41, 5.74) is 4.06. The molecule has 0 unspecified atom stereocenters. The van der Waals surface area contributed by atoms with Gasteiger partial charge in [-0.2, -0.15) is 5.10 Å². The van der Waals surface area contributed by atoms with Gasteiger partial charge < -0.3 is 9.80 Å². The minimum absolute atomic E-state index is 0.0617. The Morgan fingerprint density at radius 1 is 0.967 bits per heavy atom. The topological polar surface area (TPSA) is 58.4 Å². The number of para-hydroxylation sites is 1. The van der Waals surface area contributed by atoms with Gasteiger partial charge in [-0.05, 0) is 45.2 Å². The highest BCUT2D eigenvalue weighted by Gasteiger charge is 2.18. The first-order valence-corrected chi connectivity index (χ1v) is 11.0. The molecular formula is C24H36N4O2. The highest BCUT2D eigenvalue weighted by Crippen LogP contribution is 2.19. The van der Waals surface area contributed by atoms with E-state index in [9.17, 15) is 9.59 Å². The lowest BCUT2D eigenvalue weighted by molar-refractivity contribution is -0.132. The Bertz CT molecular complexity index is 823. The van der Waals surface area contributed by atoms with Crippen molar-refractivity contribution in [3.8, 4) is 5.69 Å². The van der Waals surface area contributed by atoms with Gasteiger partial charge >= 0.3 is 0 Å². The first kappa shape index (κ1) is 23.6. The number of aromatic nitrogens is 2. The second-order valence-electron chi connectivity index (χ2n) is 7.88. The third-order valence-corrected chi connectivity index (χ3v) is 5.38. The van der Waals surface area contributed by atoms with Crippen LogP contribution in [0.5, 0.6) is 0 Å². The predicted octanol–water partition coefficient (Wildman–Crippen LogP) is 4.27. The Morgan fingerprint density at radius 3 is 2.17 bits per heavy atom. The van der Waals surface area contributed by atoms with E-state index in [-0.39, 0.29) is 11.8 Å². The summed E-state index contributed by atoms with van der Waals surface area (Å²) in [6.45, 7) is 10.3. The van der Waals surface area contributed by atoms with E-state index >= 15 is 0 Å². The number of hydrogen-bond acceptors (Lipinski definition) is 3. The number of hydrogen-bond donors (Lipinski definition) is 0. The first-order valence-electron chi connectivity index (χ1n) is 11.0. The molecule has 6 heteroatoms. The average molecular weight is 413 g/mol. The smallest absolute Gasteiger partial charge is 0.222 e. The van der Waals surface area contributed by atoms with Crippen LogP contribution in [0.3, 0.4) is 0 Å². The fraction of sp³-hybridized carbons (Fsp3) is 0.542. The molecule has 0 saturated heterocycles. The highest BCUT2D eigenvalue weighted by molar-refractivity contribution is 5.79. The molecule has 0 spiro atoms. The van der Waals surface area contributed by atoms with Crippen molar-refractivity contribution in [1.82, 2.24) is 19.6 Å². The van der Waals surface area contributed by atoms with E-state index in [1.165, 1.54) is 0 Å². The second kappa shape index (κ2) is 11.5. The number of nitrogens with zero attached hydrogens (tertiary/aromatic N) is 4. The summed E-state index contributed by atoms with van der Waals surface area (Å²) >= 11 is 0. The molecule has 1 aromatic heterocycles. The second-order valence-corrected chi connectivity index (χ2v) is 7.88. The van der Waals surface area contributed by atoms with E-state index in [2.05, 4.69) is 18.9 Å². The lowest BCUT2D eigenvalue weighted by atomic mass is 10.1. The standard InChI is InChI=1S/C24H36N4O2/c1-6-16-27(17-7-2)24(30)15-11-14-23(29)26(5)18-22-19(3)25-28(20(22)4)21-12-9-8-10-13-21/h8-10,12-13H,6-7,11,14-18H2,1-5H3. The van der Waals surface area contributed by atoms with Crippen LogP contribution in [0.15, 0.2) is 30.3 Å². The molecule has 0 aliphatic carbocycles. The van der Waals surface area contributed by atoms with E-state index in [1.807, 2.05) is 60.8 Å². The molecule has 0 radical (unpaired) electrons. The minimum atomic E-state index is 0.0617. The number of carbonyl (C=O) groups is 2. The molecule has 0 N–H and O–H groups in total. The maximum atomic E-state index is 12.6. The molecule has 0 aliphatic heterocycles. The van der Waals surface area contributed by atoms with E-state index in [0.717, 1.165) is 48.6 Å². The Labute approximate surface area is 180 Å². The maximum absolute atomic E-state index is 12.6. The Morgan fingerprint density at radius 2 is 1.57 bits per heavy atom. The molecule has 0 aliphatic rings. The Kier molecular flexibility index (Phi) is 9.09. The van der Waals surface area contributed by atoms with Crippen molar-refractivity contribution in [1.29, 1.82) is 0 Å². The molecule has 0 fully saturated rings. The zero-order valence-electron chi connectivity index (χ0n) is 19.1. The van der Waals surface area contributed by atoms with Gasteiger partial charge in [0.25, 0.3) is 0 Å². The Balaban J connectivity index is 1.92. The van der Waals surface area contributed by atoms with Crippen LogP contribution in [0.25, 0.3) is 5.69 Å². The van der Waals surface area contributed by atoms with Crippen molar-refractivity contribution >= 4 is 11.8 Å². The normalized spacial score (nSPS) is 10.8. The van der Waals surface area contributed by atoms with Gasteiger partial charge in [-0.3, -0.25) is 9.59 Å². The zero-order valence-corrected chi connectivity index (χ0v) is 19.1. The SMILES string of the molecule is CCCN(CCC)C(=O)CCCC(=O)N(C)Cc1c(C)nn(-c2ccccc2)c1C. The van der Waals surface area contributed by atoms with Crippen LogP contribution in [-0.2, 0) is 16.1 Å². The fourth-order valence-electron chi connectivity index (χ4n) is 3.69. The number of rotatable bonds is 11. The van der Waals surface area contributed by atoms with E-state index in [4.69, 9.17) is 0 Å². The van der Waals surface area contributed by atoms with Gasteiger partial charge in [-0.15, -0.1) is 0 Å². The van der Waals surface area contributed by atoms with Crippen molar-refractivity contribution in [3.05, 3.63) is 47.3 Å². The average Bonchev–Trinajstić information content (AvgIpc) is 3.02. The van der Waals surface area contributed by atoms with E-state index in [1.54, 1.807) is 4.90 Å². The van der Waals surface area contributed by atoms with Gasteiger partial charge in [-0.1, -0.05) is 32.0 Å². The van der Waals surface area contributed by atoms with E-state index < -0.39 is 0 Å². The molecule has 0 saturated carbocycles. The summed E-state index contributed by atoms with van der Waals surface area (Å²) in [6.07, 6.45) is 3.33. The van der Waals surface area contributed by atoms with Crippen molar-refractivity contribution in [3.63, 3.8) is 0 Å². The fourth-order valence-corrected chi connectivity index (χ4v) is 3.69. The summed E-state index contributed by atoms with van der Waals surface area (Å²) in [4.78, 5) is 28.7. The van der Waals surface area contributed by atoms with Crippen LogP contribution in [0.1, 0.15) is 62.9 Å². The lowest BCUT2D eigenvalue weighted by Crippen LogP contribution is -2.32. The van der Waals surface area contributed by atoms with Crippen LogP contribution in [0.2, 0.25) is 0 Å². The predicted molar refractivity (Wildman–Crippen MR) is 121 cm³/mol. The van der Waals surface area contributed by atoms with Crippen molar-refractivity contribution in [2.75, 3.05) is 20.1 Å². The lowest BCUT2D eigenvalue weighted by Gasteiger charge is -2.22. The summed E-state index contributed by atoms with van der Waals surface area (Å²) in [5.74, 6) is 0.219. The molecule has 2 aromatic rings. The van der Waals surface area contributed by atoms with Crippen LogP contribution >= 0.6 is 0 Å². The van der Waals surface area contributed by atoms with Crippen molar-refractivity contribution in [2.24, 2.45) is 0 Å². The van der Waals surface area contributed by atoms with Crippen LogP contribution < -0.4 is 0 Å². The molecule has 2 amide bonds. The molecule has 164 valence electrons. The monoisotopic (exact) mass is 412 g/mol. The zero-order chi connectivity index (χ0) is 22.1. The summed E-state index contributed by atoms with van der Waals surface area (Å²) < 4.78 is 1.93. The number of aryl methyl sites for hydroxylation is 1. The van der Waals surface area contributed by atoms with Crippen LogP contribution in [0.4, 0.5) is 0 Å². The quantitative estimate of drug-likeness (QED) is 0.554. The highest BCUT2D eigenvalue weighted by atomic mass is 16.2. The molecule has 0 bridgehead atoms. The van der Waals surface area contributed by atoms with Gasteiger partial charge in [0.05, 0.1) is 11.4 Å². The summed E-state index contributed by atoms with van der Waals surface area (Å²) in [6, 6.07) is 10.0. The van der Waals surface area contributed by atoms with Gasteiger partial charge in [0.1, 0.15) is 0 Å². The third-order valence-electron chi connectivity index (χ3n) is 5.38. The van der Waals surface area contributed by atoms with Crippen molar-refractivity contribution < 1.29 is 9.59 Å². The molecule has 30 heavy (non-hydrogen) atoms. The van der Waals surface area contributed by atoms with Gasteiger partial charge in [0, 0.05) is 50.8 Å². The largest absolute Gasteiger partial charge is 0.343 e. The molecule has 0 atom stereocenters. The number of amides is 2. The molecule has 6 nitrogen and oxygen atoms in total. The van der Waals surface area contributed by atoms with E-state index in [0.29, 0.717) is 25.8 Å². The number of benzene rings is 1. The van der Waals surface area contributed by atoms with Gasteiger partial charge in [0.2, 0.25) is 11.8 Å². The maximum Gasteiger partial charge on any atom is 0.222 e. The number of carbonyl (C=O) groups excluding carboxylic acids is 2. The molecule has 1 heterocycles. The van der Waals surface area contributed by atoms with Gasteiger partial charge in [0.15, 0.2) is 0 Å². The summed E-state index contributed by atoms with van der Waals surface area (Å²) in [7, 11) is 1.82.